The lowest BCUT2D eigenvalue weighted by atomic mass is 10.0. The van der Waals surface area contributed by atoms with Crippen LogP contribution in [0, 0.1) is 13.8 Å². The fraction of sp³-hybridized carbons (Fsp3) is 0.636. The van der Waals surface area contributed by atoms with Gasteiger partial charge in [-0.05, 0) is 26.2 Å². The summed E-state index contributed by atoms with van der Waals surface area (Å²) in [5, 5.41) is 0. The predicted molar refractivity (Wildman–Crippen MR) is 54.8 cm³/mol. The van der Waals surface area contributed by atoms with Crippen molar-refractivity contribution in [3.63, 3.8) is 0 Å². The number of aromatic nitrogens is 2. The molecule has 0 fully saturated rings. The van der Waals surface area contributed by atoms with Gasteiger partial charge < -0.3 is 0 Å². The summed E-state index contributed by atoms with van der Waals surface area (Å²) < 4.78 is 0. The Labute approximate surface area is 80.4 Å². The Hall–Kier alpha value is -0.920. The minimum absolute atomic E-state index is 0.539. The van der Waals surface area contributed by atoms with Gasteiger partial charge in [0.1, 0.15) is 0 Å². The average Bonchev–Trinajstić information content (AvgIpc) is 2.10. The lowest BCUT2D eigenvalue weighted by molar-refractivity contribution is 0.640. The van der Waals surface area contributed by atoms with Crippen molar-refractivity contribution in [2.45, 2.75) is 46.5 Å². The second-order valence-electron chi connectivity index (χ2n) is 3.66. The van der Waals surface area contributed by atoms with Crippen LogP contribution in [-0.2, 0) is 0 Å². The molecule has 0 N–H and O–H groups in total. The number of aryl methyl sites for hydroxylation is 2. The van der Waals surface area contributed by atoms with Crippen molar-refractivity contribution in [2.75, 3.05) is 0 Å². The van der Waals surface area contributed by atoms with Gasteiger partial charge in [-0.2, -0.15) is 0 Å². The molecule has 0 amide bonds. The highest BCUT2D eigenvalue weighted by Crippen LogP contribution is 2.18. The third-order valence-electron chi connectivity index (χ3n) is 2.44. The average molecular weight is 178 g/mol. The van der Waals surface area contributed by atoms with Crippen LogP contribution in [0.25, 0.3) is 0 Å². The third-order valence-corrected chi connectivity index (χ3v) is 2.44. The fourth-order valence-electron chi connectivity index (χ4n) is 1.38. The summed E-state index contributed by atoms with van der Waals surface area (Å²) in [6, 6.07) is 0. The van der Waals surface area contributed by atoms with Gasteiger partial charge in [0.05, 0.1) is 17.1 Å². The quantitative estimate of drug-likeness (QED) is 0.711. The van der Waals surface area contributed by atoms with Crippen LogP contribution in [0.2, 0.25) is 0 Å². The monoisotopic (exact) mass is 178 g/mol. The van der Waals surface area contributed by atoms with E-state index in [1.165, 1.54) is 12.8 Å². The first-order valence-corrected chi connectivity index (χ1v) is 4.95. The van der Waals surface area contributed by atoms with Gasteiger partial charge in [-0.25, -0.2) is 0 Å². The van der Waals surface area contributed by atoms with Crippen LogP contribution in [0.15, 0.2) is 6.20 Å². The minimum Gasteiger partial charge on any atom is -0.258 e. The molecule has 2 nitrogen and oxygen atoms in total. The Morgan fingerprint density at radius 1 is 1.31 bits per heavy atom. The zero-order valence-corrected chi connectivity index (χ0v) is 8.96. The van der Waals surface area contributed by atoms with Crippen molar-refractivity contribution in [3.05, 3.63) is 23.3 Å². The first-order chi connectivity index (χ1) is 6.15. The highest BCUT2D eigenvalue weighted by Gasteiger charge is 2.07. The van der Waals surface area contributed by atoms with Crippen LogP contribution >= 0.6 is 0 Å². The Bertz CT molecular complexity index is 281. The molecule has 0 radical (unpaired) electrons. The lowest BCUT2D eigenvalue weighted by Gasteiger charge is -2.10. The molecule has 1 heterocycles. The largest absolute Gasteiger partial charge is 0.258 e. The van der Waals surface area contributed by atoms with E-state index in [0.29, 0.717) is 5.92 Å². The topological polar surface area (TPSA) is 25.8 Å². The molecular weight excluding hydrogens is 160 g/mol. The molecule has 1 aromatic rings. The molecule has 0 saturated carbocycles. The molecule has 0 aliphatic heterocycles. The van der Waals surface area contributed by atoms with Crippen molar-refractivity contribution < 1.29 is 0 Å². The summed E-state index contributed by atoms with van der Waals surface area (Å²) in [6.45, 7) is 8.42. The fourth-order valence-corrected chi connectivity index (χ4v) is 1.38. The third kappa shape index (κ3) is 2.51. The molecular formula is C11H18N2. The summed E-state index contributed by atoms with van der Waals surface area (Å²) in [6.07, 6.45) is 4.30. The maximum atomic E-state index is 4.53. The number of nitrogens with zero attached hydrogens (tertiary/aromatic N) is 2. The zero-order chi connectivity index (χ0) is 9.84. The predicted octanol–water partition coefficient (Wildman–Crippen LogP) is 3.00. The molecule has 0 aromatic carbocycles. The van der Waals surface area contributed by atoms with Gasteiger partial charge in [-0.1, -0.05) is 20.3 Å². The van der Waals surface area contributed by atoms with E-state index in [1.54, 1.807) is 0 Å². The van der Waals surface area contributed by atoms with Crippen LogP contribution in [0.5, 0.6) is 0 Å². The summed E-state index contributed by atoms with van der Waals surface area (Å²) >= 11 is 0. The Morgan fingerprint density at radius 2 is 2.00 bits per heavy atom. The maximum Gasteiger partial charge on any atom is 0.0618 e. The van der Waals surface area contributed by atoms with E-state index in [0.717, 1.165) is 17.1 Å². The molecule has 0 unspecified atom stereocenters. The molecule has 0 aliphatic rings. The van der Waals surface area contributed by atoms with Crippen molar-refractivity contribution >= 4 is 0 Å². The zero-order valence-electron chi connectivity index (χ0n) is 8.96. The molecule has 1 rings (SSSR count). The first kappa shape index (κ1) is 10.2. The summed E-state index contributed by atoms with van der Waals surface area (Å²) in [4.78, 5) is 8.85. The Morgan fingerprint density at radius 3 is 2.54 bits per heavy atom. The van der Waals surface area contributed by atoms with Gasteiger partial charge in [0, 0.05) is 6.20 Å². The molecule has 2 heteroatoms. The number of rotatable bonds is 3. The van der Waals surface area contributed by atoms with E-state index in [-0.39, 0.29) is 0 Å². The van der Waals surface area contributed by atoms with Crippen molar-refractivity contribution in [2.24, 2.45) is 0 Å². The van der Waals surface area contributed by atoms with E-state index < -0.39 is 0 Å². The van der Waals surface area contributed by atoms with E-state index in [4.69, 9.17) is 0 Å². The van der Waals surface area contributed by atoms with Gasteiger partial charge in [0.25, 0.3) is 0 Å². The smallest absolute Gasteiger partial charge is 0.0618 e. The summed E-state index contributed by atoms with van der Waals surface area (Å²) in [5.74, 6) is 0.539. The Kier molecular flexibility index (Phi) is 3.40. The molecule has 13 heavy (non-hydrogen) atoms. The van der Waals surface area contributed by atoms with Gasteiger partial charge in [0.15, 0.2) is 0 Å². The number of hydrogen-bond acceptors (Lipinski definition) is 2. The second kappa shape index (κ2) is 4.35. The van der Waals surface area contributed by atoms with Gasteiger partial charge in [-0.15, -0.1) is 0 Å². The van der Waals surface area contributed by atoms with Crippen LogP contribution in [0.4, 0.5) is 0 Å². The Balaban J connectivity index is 2.84. The van der Waals surface area contributed by atoms with Gasteiger partial charge in [-0.3, -0.25) is 9.97 Å². The van der Waals surface area contributed by atoms with E-state index in [1.807, 2.05) is 20.0 Å². The van der Waals surface area contributed by atoms with E-state index in [9.17, 15) is 0 Å². The summed E-state index contributed by atoms with van der Waals surface area (Å²) in [5.41, 5.74) is 3.22. The van der Waals surface area contributed by atoms with Crippen LogP contribution in [0.3, 0.4) is 0 Å². The van der Waals surface area contributed by atoms with E-state index >= 15 is 0 Å². The summed E-state index contributed by atoms with van der Waals surface area (Å²) in [7, 11) is 0. The van der Waals surface area contributed by atoms with E-state index in [2.05, 4.69) is 23.8 Å². The highest BCUT2D eigenvalue weighted by atomic mass is 14.8. The highest BCUT2D eigenvalue weighted by molar-refractivity contribution is 5.13. The molecule has 0 saturated heterocycles. The second-order valence-corrected chi connectivity index (χ2v) is 3.66. The molecule has 0 spiro atoms. The molecule has 1 aromatic heterocycles. The molecule has 0 bridgehead atoms. The van der Waals surface area contributed by atoms with Crippen molar-refractivity contribution in [1.29, 1.82) is 0 Å². The molecule has 1 atom stereocenters. The lowest BCUT2D eigenvalue weighted by Crippen LogP contribution is -2.01. The molecule has 0 aliphatic carbocycles. The van der Waals surface area contributed by atoms with Crippen molar-refractivity contribution in [3.8, 4) is 0 Å². The van der Waals surface area contributed by atoms with Crippen LogP contribution in [0.1, 0.15) is 49.7 Å². The van der Waals surface area contributed by atoms with Crippen molar-refractivity contribution in [1.82, 2.24) is 9.97 Å². The van der Waals surface area contributed by atoms with Crippen LogP contribution in [-0.4, -0.2) is 9.97 Å². The normalized spacial score (nSPS) is 12.9. The van der Waals surface area contributed by atoms with Gasteiger partial charge in [0.2, 0.25) is 0 Å². The number of hydrogen-bond donors (Lipinski definition) is 0. The van der Waals surface area contributed by atoms with Gasteiger partial charge >= 0.3 is 0 Å². The SMILES string of the molecule is CCC[C@@H](C)c1cnc(C)c(C)n1. The standard InChI is InChI=1S/C11H18N2/c1-5-6-8(2)11-7-12-9(3)10(4)13-11/h7-8H,5-6H2,1-4H3/t8-/m1/s1. The van der Waals surface area contributed by atoms with Crippen LogP contribution < -0.4 is 0 Å². The minimum atomic E-state index is 0.539. The molecule has 72 valence electrons. The maximum absolute atomic E-state index is 4.53. The first-order valence-electron chi connectivity index (χ1n) is 4.95.